The number of rotatable bonds is 89. The molecule has 108 heavy (non-hydrogen) atoms. The van der Waals surface area contributed by atoms with E-state index in [2.05, 4.69) is 34.6 Å². The zero-order valence-corrected chi connectivity index (χ0v) is 72.8. The SMILES string of the molecule is CCCCCCCCCCCCCCCCCCCCCCCC(=O)OC[C@H](COP(=O)(O)OC[C@@H](O)COP(=O)(O)OC[C@@H](COC(=O)CCCCCCCCCCC)OC(=O)CCCCCCCCCCCCCCCCCC)OC(=O)CCCCCCCCCCCCCCCCCCCCC(C)CC. The van der Waals surface area contributed by atoms with Crippen molar-refractivity contribution in [3.05, 3.63) is 0 Å². The second kappa shape index (κ2) is 81.6. The molecule has 0 fully saturated rings. The van der Waals surface area contributed by atoms with Gasteiger partial charge in [0.25, 0.3) is 0 Å². The van der Waals surface area contributed by atoms with Gasteiger partial charge in [0.2, 0.25) is 0 Å². The van der Waals surface area contributed by atoms with Crippen molar-refractivity contribution in [2.75, 3.05) is 39.6 Å². The number of hydrogen-bond acceptors (Lipinski definition) is 15. The highest BCUT2D eigenvalue weighted by Gasteiger charge is 2.31. The fraction of sp³-hybridized carbons (Fsp3) is 0.955. The van der Waals surface area contributed by atoms with Crippen LogP contribution in [0.5, 0.6) is 0 Å². The minimum absolute atomic E-state index is 0.109. The first-order chi connectivity index (χ1) is 52.6. The van der Waals surface area contributed by atoms with E-state index in [-0.39, 0.29) is 25.7 Å². The fourth-order valence-electron chi connectivity index (χ4n) is 14.0. The van der Waals surface area contributed by atoms with Gasteiger partial charge < -0.3 is 33.8 Å². The van der Waals surface area contributed by atoms with Crippen LogP contribution in [0.15, 0.2) is 0 Å². The summed E-state index contributed by atoms with van der Waals surface area (Å²) in [7, 11) is -9.93. The molecule has 0 aromatic carbocycles. The first-order valence-corrected chi connectivity index (χ1v) is 49.2. The van der Waals surface area contributed by atoms with E-state index in [1.165, 1.54) is 308 Å². The number of phosphoric ester groups is 2. The highest BCUT2D eigenvalue weighted by molar-refractivity contribution is 7.47. The van der Waals surface area contributed by atoms with Crippen molar-refractivity contribution in [2.45, 2.75) is 502 Å². The molecule has 0 heterocycles. The average Bonchev–Trinajstić information content (AvgIpc) is 0.896. The maximum absolute atomic E-state index is 13.2. The molecule has 0 bridgehead atoms. The topological polar surface area (TPSA) is 237 Å². The number of hydrogen-bond donors (Lipinski definition) is 3. The van der Waals surface area contributed by atoms with Crippen LogP contribution in [0, 0.1) is 5.92 Å². The van der Waals surface area contributed by atoms with E-state index < -0.39 is 97.5 Å². The molecule has 642 valence electrons. The fourth-order valence-corrected chi connectivity index (χ4v) is 15.5. The monoisotopic (exact) mass is 1580 g/mol. The van der Waals surface area contributed by atoms with E-state index in [1.54, 1.807) is 0 Å². The number of unbranched alkanes of at least 4 members (excludes halogenated alkanes) is 60. The maximum Gasteiger partial charge on any atom is 0.472 e. The highest BCUT2D eigenvalue weighted by atomic mass is 31.2. The van der Waals surface area contributed by atoms with E-state index in [0.717, 1.165) is 95.8 Å². The lowest BCUT2D eigenvalue weighted by molar-refractivity contribution is -0.161. The number of carbonyl (C=O) groups is 4. The van der Waals surface area contributed by atoms with E-state index in [9.17, 15) is 43.2 Å². The molecule has 0 aromatic heterocycles. The minimum atomic E-state index is -4.97. The second-order valence-corrected chi connectivity index (χ2v) is 35.1. The van der Waals surface area contributed by atoms with E-state index in [4.69, 9.17) is 37.0 Å². The van der Waals surface area contributed by atoms with Crippen LogP contribution in [-0.4, -0.2) is 96.7 Å². The van der Waals surface area contributed by atoms with E-state index >= 15 is 0 Å². The Balaban J connectivity index is 5.19. The number of aliphatic hydroxyl groups excluding tert-OH is 1. The van der Waals surface area contributed by atoms with Crippen LogP contribution in [0.25, 0.3) is 0 Å². The average molecular weight is 1580 g/mol. The van der Waals surface area contributed by atoms with Gasteiger partial charge in [0, 0.05) is 25.7 Å². The molecule has 0 saturated carbocycles. The van der Waals surface area contributed by atoms with Gasteiger partial charge in [-0.2, -0.15) is 0 Å². The van der Waals surface area contributed by atoms with Gasteiger partial charge in [0.15, 0.2) is 12.2 Å². The number of carbonyl (C=O) groups excluding carboxylic acids is 4. The summed E-state index contributed by atoms with van der Waals surface area (Å²) in [4.78, 5) is 73.2. The Kier molecular flexibility index (Phi) is 80.2. The van der Waals surface area contributed by atoms with Crippen molar-refractivity contribution in [1.29, 1.82) is 0 Å². The molecule has 0 aliphatic rings. The summed E-state index contributed by atoms with van der Waals surface area (Å²) in [6, 6.07) is 0. The van der Waals surface area contributed by atoms with E-state index in [0.29, 0.717) is 25.7 Å². The lowest BCUT2D eigenvalue weighted by atomic mass is 9.99. The molecule has 17 nitrogen and oxygen atoms in total. The maximum atomic E-state index is 13.2. The lowest BCUT2D eigenvalue weighted by Crippen LogP contribution is -2.30. The van der Waals surface area contributed by atoms with Gasteiger partial charge in [-0.1, -0.05) is 433 Å². The molecule has 0 spiro atoms. The molecule has 3 unspecified atom stereocenters. The molecule has 0 radical (unpaired) electrons. The summed E-state index contributed by atoms with van der Waals surface area (Å²) in [5.74, 6) is -1.23. The number of aliphatic hydroxyl groups is 1. The van der Waals surface area contributed by atoms with Crippen molar-refractivity contribution < 1.29 is 80.2 Å². The Morgan fingerprint density at radius 3 is 0.657 bits per heavy atom. The molecule has 0 aliphatic heterocycles. The van der Waals surface area contributed by atoms with Crippen molar-refractivity contribution >= 4 is 39.5 Å². The molecule has 0 saturated heterocycles. The highest BCUT2D eigenvalue weighted by Crippen LogP contribution is 2.45. The first-order valence-electron chi connectivity index (χ1n) is 46.2. The van der Waals surface area contributed by atoms with E-state index in [1.807, 2.05) is 0 Å². The lowest BCUT2D eigenvalue weighted by Gasteiger charge is -2.21. The van der Waals surface area contributed by atoms with Crippen LogP contribution in [0.2, 0.25) is 0 Å². The minimum Gasteiger partial charge on any atom is -0.462 e. The molecule has 0 rings (SSSR count). The number of ether oxygens (including phenoxy) is 4. The van der Waals surface area contributed by atoms with Crippen LogP contribution in [0.1, 0.15) is 484 Å². The van der Waals surface area contributed by atoms with Gasteiger partial charge in [-0.3, -0.25) is 37.3 Å². The van der Waals surface area contributed by atoms with Crippen molar-refractivity contribution in [2.24, 2.45) is 5.92 Å². The summed E-state index contributed by atoms with van der Waals surface area (Å²) >= 11 is 0. The Morgan fingerprint density at radius 1 is 0.259 bits per heavy atom. The quantitative estimate of drug-likeness (QED) is 0.0222. The summed E-state index contributed by atoms with van der Waals surface area (Å²) in [6.07, 6.45) is 76.5. The van der Waals surface area contributed by atoms with Gasteiger partial charge in [0.1, 0.15) is 19.3 Å². The molecule has 3 N–H and O–H groups in total. The Morgan fingerprint density at radius 2 is 0.444 bits per heavy atom. The van der Waals surface area contributed by atoms with Gasteiger partial charge in [0.05, 0.1) is 26.4 Å². The third-order valence-electron chi connectivity index (χ3n) is 21.4. The summed E-state index contributed by atoms with van der Waals surface area (Å²) in [5.41, 5.74) is 0. The molecule has 0 aromatic rings. The van der Waals surface area contributed by atoms with Crippen LogP contribution in [-0.2, 0) is 65.4 Å². The zero-order chi connectivity index (χ0) is 79.0. The molecular weight excluding hydrogens is 1400 g/mol. The molecule has 0 amide bonds. The Hall–Kier alpha value is -1.94. The third-order valence-corrected chi connectivity index (χ3v) is 23.3. The van der Waals surface area contributed by atoms with Crippen LogP contribution in [0.3, 0.4) is 0 Å². The Bertz CT molecular complexity index is 2050. The van der Waals surface area contributed by atoms with Gasteiger partial charge in [-0.25, -0.2) is 9.13 Å². The van der Waals surface area contributed by atoms with Crippen LogP contribution < -0.4 is 0 Å². The second-order valence-electron chi connectivity index (χ2n) is 32.2. The van der Waals surface area contributed by atoms with Gasteiger partial charge >= 0.3 is 39.5 Å². The van der Waals surface area contributed by atoms with Crippen molar-refractivity contribution in [1.82, 2.24) is 0 Å². The van der Waals surface area contributed by atoms with Crippen molar-refractivity contribution in [3.8, 4) is 0 Å². The molecule has 19 heteroatoms. The largest absolute Gasteiger partial charge is 0.472 e. The van der Waals surface area contributed by atoms with Crippen LogP contribution >= 0.6 is 15.6 Å². The van der Waals surface area contributed by atoms with Gasteiger partial charge in [-0.05, 0) is 31.6 Å². The number of phosphoric acid groups is 2. The zero-order valence-electron chi connectivity index (χ0n) is 71.0. The Labute approximate surface area is 664 Å². The molecule has 0 aliphatic carbocycles. The predicted octanol–water partition coefficient (Wildman–Crippen LogP) is 27.5. The van der Waals surface area contributed by atoms with Crippen molar-refractivity contribution in [3.63, 3.8) is 0 Å². The normalized spacial score (nSPS) is 14.0. The third kappa shape index (κ3) is 80.7. The smallest absolute Gasteiger partial charge is 0.462 e. The summed E-state index contributed by atoms with van der Waals surface area (Å²) in [5, 5.41) is 10.7. The summed E-state index contributed by atoms with van der Waals surface area (Å²) in [6.45, 7) is 7.43. The van der Waals surface area contributed by atoms with Crippen LogP contribution in [0.4, 0.5) is 0 Å². The first kappa shape index (κ1) is 106. The molecule has 6 atom stereocenters. The number of esters is 4. The standard InChI is InChI=1S/C89H174O17P2/c1-6-10-13-16-19-22-24-26-28-30-31-32-33-37-41-44-48-53-58-63-68-73-87(92)100-79-85(106-89(94)75-70-65-60-55-50-46-42-38-35-34-36-39-43-47-52-56-61-66-71-82(5)9-4)81-104-108(97,98)102-77-83(90)76-101-107(95,96)103-80-84(78-99-86(91)72-67-62-57-51-21-18-15-12-8-3)105-88(93)74-69-64-59-54-49-45-40-29-27-25-23-20-17-14-11-7-2/h82-85,90H,6-81H2,1-5H3,(H,95,96)(H,97,98)/t82?,83-,84+,85+/m0/s1. The molecular formula is C89H174O17P2. The van der Waals surface area contributed by atoms with Gasteiger partial charge in [-0.15, -0.1) is 0 Å². The predicted molar refractivity (Wildman–Crippen MR) is 446 cm³/mol. The summed E-state index contributed by atoms with van der Waals surface area (Å²) < 4.78 is 68.9.